The van der Waals surface area contributed by atoms with Gasteiger partial charge in [0.05, 0.1) is 49.2 Å². The number of benzene rings is 3. The number of carbonyl (C=O) groups is 4. The van der Waals surface area contributed by atoms with Crippen molar-refractivity contribution >= 4 is 35.0 Å². The molecule has 0 radical (unpaired) electrons. The van der Waals surface area contributed by atoms with E-state index in [0.717, 1.165) is 81.9 Å². The quantitative estimate of drug-likeness (QED) is 0.107. The van der Waals surface area contributed by atoms with Crippen molar-refractivity contribution in [3.63, 3.8) is 0 Å². The van der Waals surface area contributed by atoms with Crippen molar-refractivity contribution in [3.8, 4) is 33.5 Å². The highest BCUT2D eigenvalue weighted by molar-refractivity contribution is 5.88. The van der Waals surface area contributed by atoms with Crippen molar-refractivity contribution in [3.05, 3.63) is 84.6 Å². The second-order valence-corrected chi connectivity index (χ2v) is 15.8. The number of alkyl carbamates (subject to hydrolysis) is 2. The summed E-state index contributed by atoms with van der Waals surface area (Å²) in [7, 11) is 2.58. The van der Waals surface area contributed by atoms with E-state index in [4.69, 9.17) is 14.5 Å². The van der Waals surface area contributed by atoms with Gasteiger partial charge >= 0.3 is 12.2 Å². The van der Waals surface area contributed by atoms with Crippen molar-refractivity contribution in [1.29, 1.82) is 0 Å². The van der Waals surface area contributed by atoms with Crippen molar-refractivity contribution in [2.75, 3.05) is 27.3 Å². The zero-order valence-corrected chi connectivity index (χ0v) is 33.9. The maximum absolute atomic E-state index is 13.6. The van der Waals surface area contributed by atoms with Crippen LogP contribution < -0.4 is 10.6 Å². The number of amides is 4. The molecule has 58 heavy (non-hydrogen) atoms. The third-order valence-corrected chi connectivity index (χ3v) is 11.3. The molecule has 2 aliphatic rings. The minimum atomic E-state index is -0.689. The number of nitrogens with zero attached hydrogens (tertiary/aromatic N) is 4. The van der Waals surface area contributed by atoms with Crippen LogP contribution in [0.15, 0.2) is 72.9 Å². The number of H-pyrrole nitrogens is 2. The summed E-state index contributed by atoms with van der Waals surface area (Å²) >= 11 is 0. The Morgan fingerprint density at radius 2 is 1.12 bits per heavy atom. The van der Waals surface area contributed by atoms with Gasteiger partial charge in [-0.15, -0.1) is 0 Å². The Morgan fingerprint density at radius 3 is 1.62 bits per heavy atom. The van der Waals surface area contributed by atoms with E-state index in [1.54, 1.807) is 0 Å². The molecule has 0 aliphatic carbocycles. The van der Waals surface area contributed by atoms with Crippen molar-refractivity contribution in [2.45, 2.75) is 77.5 Å². The summed E-state index contributed by atoms with van der Waals surface area (Å²) in [6, 6.07) is 21.1. The number of ether oxygens (including phenoxy) is 2. The van der Waals surface area contributed by atoms with Crippen LogP contribution in [0.1, 0.15) is 77.1 Å². The fourth-order valence-electron chi connectivity index (χ4n) is 8.10. The largest absolute Gasteiger partial charge is 0.453 e. The molecule has 0 saturated carbocycles. The molecule has 3 aromatic carbocycles. The SMILES string of the molecule is COC(=O)NC(C(=O)N1CCCC1c1ncc(-c2ccc(-c3ccc(-c4ccc5nc(C6CCCN6C(=O)C(NC(=O)OC)C(C)C)[nH]c5c4)cc3)cc2)[nH]1)C(C)C. The summed E-state index contributed by atoms with van der Waals surface area (Å²) in [5.41, 5.74) is 7.84. The normalized spacial score (nSPS) is 17.8. The van der Waals surface area contributed by atoms with Crippen LogP contribution in [0, 0.1) is 11.8 Å². The molecular weight excluding hydrogens is 737 g/mol. The number of fused-ring (bicyclic) bond motifs is 1. The lowest BCUT2D eigenvalue weighted by atomic mass is 9.99. The summed E-state index contributed by atoms with van der Waals surface area (Å²) < 4.78 is 9.53. The molecule has 2 fully saturated rings. The number of aromatic nitrogens is 4. The van der Waals surface area contributed by atoms with Gasteiger partial charge in [0, 0.05) is 13.1 Å². The first-order chi connectivity index (χ1) is 27.9. The summed E-state index contributed by atoms with van der Waals surface area (Å²) in [5.74, 6) is 0.985. The summed E-state index contributed by atoms with van der Waals surface area (Å²) in [6.45, 7) is 8.81. The summed E-state index contributed by atoms with van der Waals surface area (Å²) in [4.78, 5) is 71.2. The number of aromatic amines is 2. The van der Waals surface area contributed by atoms with Gasteiger partial charge in [-0.2, -0.15) is 0 Å². The molecule has 14 nitrogen and oxygen atoms in total. The Bertz CT molecular complexity index is 2260. The fraction of sp³-hybridized carbons (Fsp3) is 0.409. The molecule has 4 unspecified atom stereocenters. The Labute approximate surface area is 338 Å². The number of hydrogen-bond acceptors (Lipinski definition) is 8. The van der Waals surface area contributed by atoms with E-state index in [-0.39, 0.29) is 35.7 Å². The molecule has 4 amide bonds. The number of methoxy groups -OCH3 is 2. The van der Waals surface area contributed by atoms with E-state index >= 15 is 0 Å². The Morgan fingerprint density at radius 1 is 0.655 bits per heavy atom. The van der Waals surface area contributed by atoms with E-state index in [9.17, 15) is 19.2 Å². The van der Waals surface area contributed by atoms with Crippen LogP contribution in [-0.2, 0) is 19.1 Å². The predicted molar refractivity (Wildman–Crippen MR) is 220 cm³/mol. The maximum Gasteiger partial charge on any atom is 0.407 e. The second-order valence-electron chi connectivity index (χ2n) is 15.8. The first kappa shape index (κ1) is 40.0. The summed E-state index contributed by atoms with van der Waals surface area (Å²) in [6.07, 6.45) is 3.83. The maximum atomic E-state index is 13.6. The Kier molecular flexibility index (Phi) is 11.8. The van der Waals surface area contributed by atoms with E-state index in [1.807, 2.05) is 49.8 Å². The Hall–Kier alpha value is -6.18. The van der Waals surface area contributed by atoms with Crippen molar-refractivity contribution in [1.82, 2.24) is 40.4 Å². The molecule has 304 valence electrons. The molecule has 0 spiro atoms. The van der Waals surface area contributed by atoms with Crippen LogP contribution in [0.2, 0.25) is 0 Å². The van der Waals surface area contributed by atoms with E-state index in [0.29, 0.717) is 13.1 Å². The number of likely N-dealkylation sites (tertiary alicyclic amines) is 2. The van der Waals surface area contributed by atoms with E-state index in [2.05, 4.69) is 86.2 Å². The molecular formula is C44H52N8O6. The van der Waals surface area contributed by atoms with Crippen LogP contribution in [0.25, 0.3) is 44.5 Å². The third-order valence-electron chi connectivity index (χ3n) is 11.3. The smallest absolute Gasteiger partial charge is 0.407 e. The average Bonchev–Trinajstić information content (AvgIpc) is 4.07. The lowest BCUT2D eigenvalue weighted by Crippen LogP contribution is -2.51. The highest BCUT2D eigenvalue weighted by Gasteiger charge is 2.39. The topological polar surface area (TPSA) is 175 Å². The Balaban J connectivity index is 1.02. The van der Waals surface area contributed by atoms with E-state index < -0.39 is 24.3 Å². The molecule has 5 aromatic rings. The zero-order chi connectivity index (χ0) is 41.1. The fourth-order valence-corrected chi connectivity index (χ4v) is 8.10. The van der Waals surface area contributed by atoms with Gasteiger partial charge in [0.2, 0.25) is 11.8 Å². The van der Waals surface area contributed by atoms with Crippen LogP contribution in [0.4, 0.5) is 9.59 Å². The molecule has 4 N–H and O–H groups in total. The number of nitrogens with one attached hydrogen (secondary N) is 4. The molecule has 0 bridgehead atoms. The number of hydrogen-bond donors (Lipinski definition) is 4. The minimum absolute atomic E-state index is 0.104. The number of carbonyl (C=O) groups excluding carboxylic acids is 4. The second kappa shape index (κ2) is 17.1. The highest BCUT2D eigenvalue weighted by atomic mass is 16.5. The van der Waals surface area contributed by atoms with Crippen molar-refractivity contribution < 1.29 is 28.7 Å². The molecule has 4 heterocycles. The number of rotatable bonds is 11. The van der Waals surface area contributed by atoms with Crippen LogP contribution >= 0.6 is 0 Å². The van der Waals surface area contributed by atoms with E-state index in [1.165, 1.54) is 14.2 Å². The highest BCUT2D eigenvalue weighted by Crippen LogP contribution is 2.35. The van der Waals surface area contributed by atoms with Crippen molar-refractivity contribution in [2.24, 2.45) is 11.8 Å². The first-order valence-corrected chi connectivity index (χ1v) is 20.0. The molecule has 4 atom stereocenters. The summed E-state index contributed by atoms with van der Waals surface area (Å²) in [5, 5.41) is 5.40. The van der Waals surface area contributed by atoms with Gasteiger partial charge in [-0.25, -0.2) is 19.6 Å². The molecule has 2 aromatic heterocycles. The lowest BCUT2D eigenvalue weighted by Gasteiger charge is -2.30. The van der Waals surface area contributed by atoms with Gasteiger partial charge in [-0.1, -0.05) is 82.3 Å². The molecule has 2 aliphatic heterocycles. The number of imidazole rings is 2. The predicted octanol–water partition coefficient (Wildman–Crippen LogP) is 7.38. The third kappa shape index (κ3) is 8.27. The van der Waals surface area contributed by atoms with Crippen LogP contribution in [-0.4, -0.2) is 93.1 Å². The standard InChI is InChI=1S/C44H52N8O6/c1-25(2)37(49-43(55)57-5)41(53)51-21-7-9-35(51)39-45-24-34(48-39)30-17-15-28(16-18-30)27-11-13-29(14-12-27)31-19-20-32-33(23-31)47-40(46-32)36-10-8-22-52(36)42(54)38(26(3)4)50-44(56)58-6/h11-20,23-26,35-38H,7-10,21-22H2,1-6H3,(H,45,48)(H,46,47)(H,49,55)(H,50,56). The van der Waals surface area contributed by atoms with Gasteiger partial charge in [0.25, 0.3) is 0 Å². The van der Waals surface area contributed by atoms with Gasteiger partial charge < -0.3 is 39.9 Å². The lowest BCUT2D eigenvalue weighted by molar-refractivity contribution is -0.136. The van der Waals surface area contributed by atoms with Gasteiger partial charge in [-0.3, -0.25) is 9.59 Å². The van der Waals surface area contributed by atoms with Crippen LogP contribution in [0.3, 0.4) is 0 Å². The molecule has 2 saturated heterocycles. The zero-order valence-electron chi connectivity index (χ0n) is 33.9. The van der Waals surface area contributed by atoms with Gasteiger partial charge in [0.15, 0.2) is 0 Å². The van der Waals surface area contributed by atoms with Gasteiger partial charge in [0.1, 0.15) is 23.7 Å². The van der Waals surface area contributed by atoms with Crippen LogP contribution in [0.5, 0.6) is 0 Å². The average molecular weight is 789 g/mol. The monoisotopic (exact) mass is 788 g/mol. The molecule has 14 heteroatoms. The minimum Gasteiger partial charge on any atom is -0.453 e. The van der Waals surface area contributed by atoms with Gasteiger partial charge in [-0.05, 0) is 77.5 Å². The first-order valence-electron chi connectivity index (χ1n) is 20.0. The molecule has 7 rings (SSSR count).